The van der Waals surface area contributed by atoms with Crippen LogP contribution < -0.4 is 10.0 Å². The van der Waals surface area contributed by atoms with E-state index >= 15 is 0 Å². The summed E-state index contributed by atoms with van der Waals surface area (Å²) < 4.78 is 25.3. The van der Waals surface area contributed by atoms with Gasteiger partial charge in [-0.3, -0.25) is 4.99 Å². The highest BCUT2D eigenvalue weighted by molar-refractivity contribution is 14.0. The zero-order valence-corrected chi connectivity index (χ0v) is 19.4. The first-order chi connectivity index (χ1) is 11.9. The van der Waals surface area contributed by atoms with Gasteiger partial charge in [-0.2, -0.15) is 0 Å². The molecule has 0 saturated carbocycles. The van der Waals surface area contributed by atoms with E-state index in [9.17, 15) is 8.42 Å². The molecule has 0 aliphatic carbocycles. The Morgan fingerprint density at radius 3 is 2.27 bits per heavy atom. The molecule has 0 aliphatic rings. The van der Waals surface area contributed by atoms with E-state index in [2.05, 4.69) is 51.1 Å². The largest absolute Gasteiger partial charge is 0.357 e. The fourth-order valence-electron chi connectivity index (χ4n) is 2.29. The molecule has 0 atom stereocenters. The lowest BCUT2D eigenvalue weighted by Gasteiger charge is -2.22. The van der Waals surface area contributed by atoms with Crippen LogP contribution in [-0.2, 0) is 23.0 Å². The predicted molar refractivity (Wildman–Crippen MR) is 121 cm³/mol. The third-order valence-corrected chi connectivity index (χ3v) is 5.25. The Bertz CT molecular complexity index is 633. The van der Waals surface area contributed by atoms with Crippen LogP contribution in [0.15, 0.2) is 29.3 Å². The molecule has 6 nitrogen and oxygen atoms in total. The first kappa shape index (κ1) is 25.1. The van der Waals surface area contributed by atoms with Crippen molar-refractivity contribution in [2.45, 2.75) is 40.2 Å². The van der Waals surface area contributed by atoms with E-state index < -0.39 is 10.0 Å². The van der Waals surface area contributed by atoms with E-state index in [-0.39, 0.29) is 29.7 Å². The van der Waals surface area contributed by atoms with Crippen molar-refractivity contribution in [2.24, 2.45) is 4.99 Å². The standard InChI is InChI=1S/C18H32N4O2S.HI/c1-5-16-9-11-17(12-10-16)15-22(4)18(19-6-2)20-13-8-14-21-25(23,24)7-3;/h9-12,21H,5-8,13-15H2,1-4H3,(H,19,20);1H. The zero-order chi connectivity index (χ0) is 18.7. The van der Waals surface area contributed by atoms with Gasteiger partial charge in [0, 0.05) is 33.2 Å². The van der Waals surface area contributed by atoms with Crippen molar-refractivity contribution >= 4 is 40.0 Å². The number of hydrogen-bond acceptors (Lipinski definition) is 3. The Labute approximate surface area is 175 Å². The lowest BCUT2D eigenvalue weighted by Crippen LogP contribution is -2.38. The van der Waals surface area contributed by atoms with Gasteiger partial charge in [0.15, 0.2) is 5.96 Å². The van der Waals surface area contributed by atoms with Gasteiger partial charge in [0.1, 0.15) is 0 Å². The molecule has 0 spiro atoms. The van der Waals surface area contributed by atoms with Crippen molar-refractivity contribution in [1.29, 1.82) is 0 Å². The number of guanidine groups is 1. The molecule has 1 rings (SSSR count). The molecule has 1 aromatic carbocycles. The number of aliphatic imine (C=N–C) groups is 1. The third-order valence-electron chi connectivity index (χ3n) is 3.85. The number of sulfonamides is 1. The van der Waals surface area contributed by atoms with Gasteiger partial charge >= 0.3 is 0 Å². The van der Waals surface area contributed by atoms with Crippen molar-refractivity contribution in [1.82, 2.24) is 14.9 Å². The monoisotopic (exact) mass is 496 g/mol. The van der Waals surface area contributed by atoms with Crippen molar-refractivity contribution in [3.05, 3.63) is 35.4 Å². The second kappa shape index (κ2) is 13.3. The topological polar surface area (TPSA) is 73.8 Å². The summed E-state index contributed by atoms with van der Waals surface area (Å²) in [5, 5.41) is 3.28. The van der Waals surface area contributed by atoms with E-state index in [0.29, 0.717) is 19.5 Å². The van der Waals surface area contributed by atoms with Gasteiger partial charge < -0.3 is 10.2 Å². The number of nitrogens with zero attached hydrogens (tertiary/aromatic N) is 2. The molecule has 2 N–H and O–H groups in total. The first-order valence-electron chi connectivity index (χ1n) is 8.96. The van der Waals surface area contributed by atoms with Crippen molar-refractivity contribution in [3.8, 4) is 0 Å². The highest BCUT2D eigenvalue weighted by atomic mass is 127. The smallest absolute Gasteiger partial charge is 0.211 e. The number of benzene rings is 1. The Morgan fingerprint density at radius 2 is 1.73 bits per heavy atom. The Morgan fingerprint density at radius 1 is 1.12 bits per heavy atom. The van der Waals surface area contributed by atoms with E-state index in [1.165, 1.54) is 11.1 Å². The molecular formula is C18H33IN4O2S. The van der Waals surface area contributed by atoms with Crippen LogP contribution >= 0.6 is 24.0 Å². The zero-order valence-electron chi connectivity index (χ0n) is 16.3. The summed E-state index contributed by atoms with van der Waals surface area (Å²) in [4.78, 5) is 6.67. The number of halogens is 1. The van der Waals surface area contributed by atoms with Gasteiger partial charge in [-0.1, -0.05) is 31.2 Å². The molecule has 0 radical (unpaired) electrons. The van der Waals surface area contributed by atoms with Crippen molar-refractivity contribution < 1.29 is 8.42 Å². The summed E-state index contributed by atoms with van der Waals surface area (Å²) >= 11 is 0. The summed E-state index contributed by atoms with van der Waals surface area (Å²) in [6, 6.07) is 8.62. The maximum Gasteiger partial charge on any atom is 0.211 e. The van der Waals surface area contributed by atoms with Crippen LogP contribution in [0.25, 0.3) is 0 Å². The minimum Gasteiger partial charge on any atom is -0.357 e. The molecule has 1 aromatic rings. The van der Waals surface area contributed by atoms with Crippen molar-refractivity contribution in [3.63, 3.8) is 0 Å². The minimum atomic E-state index is -3.12. The van der Waals surface area contributed by atoms with E-state index in [4.69, 9.17) is 0 Å². The summed E-state index contributed by atoms with van der Waals surface area (Å²) in [5.41, 5.74) is 2.57. The average Bonchev–Trinajstić information content (AvgIpc) is 2.61. The molecule has 0 unspecified atom stereocenters. The van der Waals surface area contributed by atoms with Crippen LogP contribution in [0, 0.1) is 0 Å². The van der Waals surface area contributed by atoms with Crippen LogP contribution in [0.3, 0.4) is 0 Å². The third kappa shape index (κ3) is 9.72. The van der Waals surface area contributed by atoms with Crippen LogP contribution in [0.4, 0.5) is 0 Å². The summed E-state index contributed by atoms with van der Waals surface area (Å²) in [6.45, 7) is 8.38. The summed E-state index contributed by atoms with van der Waals surface area (Å²) in [6.07, 6.45) is 1.72. The second-order valence-electron chi connectivity index (χ2n) is 5.91. The molecule has 0 fully saturated rings. The van der Waals surface area contributed by atoms with E-state index in [1.807, 2.05) is 14.0 Å². The van der Waals surface area contributed by atoms with Gasteiger partial charge in [-0.05, 0) is 37.8 Å². The van der Waals surface area contributed by atoms with Gasteiger partial charge in [0.2, 0.25) is 10.0 Å². The van der Waals surface area contributed by atoms with E-state index in [0.717, 1.165) is 25.5 Å². The summed E-state index contributed by atoms with van der Waals surface area (Å²) in [5.74, 6) is 0.943. The first-order valence-corrected chi connectivity index (χ1v) is 10.6. The molecule has 150 valence electrons. The summed E-state index contributed by atoms with van der Waals surface area (Å²) in [7, 11) is -1.11. The number of nitrogens with one attached hydrogen (secondary N) is 2. The lowest BCUT2D eigenvalue weighted by atomic mass is 10.1. The maximum absolute atomic E-state index is 11.4. The number of aryl methyl sites for hydroxylation is 1. The highest BCUT2D eigenvalue weighted by Crippen LogP contribution is 2.07. The fourth-order valence-corrected chi connectivity index (χ4v) is 2.95. The Balaban J connectivity index is 0.00000625. The number of rotatable bonds is 10. The molecular weight excluding hydrogens is 463 g/mol. The van der Waals surface area contributed by atoms with Gasteiger partial charge in [0.05, 0.1) is 5.75 Å². The van der Waals surface area contributed by atoms with Gasteiger partial charge in [0.25, 0.3) is 0 Å². The molecule has 0 aliphatic heterocycles. The highest BCUT2D eigenvalue weighted by Gasteiger charge is 2.07. The molecule has 26 heavy (non-hydrogen) atoms. The number of hydrogen-bond donors (Lipinski definition) is 2. The molecule has 8 heteroatoms. The Hall–Kier alpha value is -0.870. The van der Waals surface area contributed by atoms with E-state index in [1.54, 1.807) is 6.92 Å². The predicted octanol–water partition coefficient (Wildman–Crippen LogP) is 2.59. The molecule has 0 saturated heterocycles. The minimum absolute atomic E-state index is 0. The molecule has 0 heterocycles. The van der Waals surface area contributed by atoms with Crippen LogP contribution in [-0.4, -0.2) is 51.7 Å². The second-order valence-corrected chi connectivity index (χ2v) is 8.01. The molecule has 0 amide bonds. The SMILES string of the molecule is CCNC(=NCCCNS(=O)(=O)CC)N(C)Cc1ccc(CC)cc1.I. The average molecular weight is 496 g/mol. The fraction of sp³-hybridized carbons (Fsp3) is 0.611. The maximum atomic E-state index is 11.4. The van der Waals surface area contributed by atoms with Gasteiger partial charge in [-0.15, -0.1) is 24.0 Å². The van der Waals surface area contributed by atoms with Crippen molar-refractivity contribution in [2.75, 3.05) is 32.4 Å². The van der Waals surface area contributed by atoms with Gasteiger partial charge in [-0.25, -0.2) is 13.1 Å². The van der Waals surface area contributed by atoms with Crippen LogP contribution in [0.2, 0.25) is 0 Å². The normalized spacial score (nSPS) is 11.8. The molecule has 0 bridgehead atoms. The van der Waals surface area contributed by atoms with Crippen LogP contribution in [0.5, 0.6) is 0 Å². The van der Waals surface area contributed by atoms with Crippen LogP contribution in [0.1, 0.15) is 38.3 Å². The quantitative estimate of drug-likeness (QED) is 0.226. The lowest BCUT2D eigenvalue weighted by molar-refractivity contribution is 0.476. The molecule has 0 aromatic heterocycles. The Kier molecular flexibility index (Phi) is 12.9.